The molecule has 1 aromatic rings. The molecule has 2 unspecified atom stereocenters. The highest BCUT2D eigenvalue weighted by Crippen LogP contribution is 2.33. The van der Waals surface area contributed by atoms with Gasteiger partial charge >= 0.3 is 0 Å². The Bertz CT molecular complexity index is 467. The van der Waals surface area contributed by atoms with Crippen LogP contribution in [0.25, 0.3) is 0 Å². The van der Waals surface area contributed by atoms with E-state index in [2.05, 4.69) is 44.3 Å². The first kappa shape index (κ1) is 12.9. The first-order valence-electron chi connectivity index (χ1n) is 6.70. The lowest BCUT2D eigenvalue weighted by Gasteiger charge is -2.36. The molecule has 94 valence electrons. The summed E-state index contributed by atoms with van der Waals surface area (Å²) in [5.74, 6) is 0. The second-order valence-corrected chi connectivity index (χ2v) is 5.35. The van der Waals surface area contributed by atoms with Crippen LogP contribution in [0.4, 0.5) is 0 Å². The second-order valence-electron chi connectivity index (χ2n) is 5.35. The topological polar surface area (TPSA) is 23.8 Å². The summed E-state index contributed by atoms with van der Waals surface area (Å²) in [6, 6.07) is 10.7. The molecule has 1 aliphatic rings. The van der Waals surface area contributed by atoms with Crippen molar-refractivity contribution < 1.29 is 4.48 Å². The van der Waals surface area contributed by atoms with Gasteiger partial charge in [-0.2, -0.15) is 5.26 Å². The van der Waals surface area contributed by atoms with Crippen molar-refractivity contribution in [3.05, 3.63) is 47.5 Å². The molecule has 0 N–H and O–H groups in total. The van der Waals surface area contributed by atoms with E-state index in [0.29, 0.717) is 6.04 Å². The quantitative estimate of drug-likeness (QED) is 0.585. The third-order valence-corrected chi connectivity index (χ3v) is 3.92. The largest absolute Gasteiger partial charge is 0.313 e. The average Bonchev–Trinajstić information content (AvgIpc) is 2.79. The highest BCUT2D eigenvalue weighted by molar-refractivity contribution is 5.34. The van der Waals surface area contributed by atoms with Gasteiger partial charge in [0.1, 0.15) is 6.04 Å². The summed E-state index contributed by atoms with van der Waals surface area (Å²) in [7, 11) is 2.33. The molecular weight excluding hydrogens is 220 g/mol. The SMILES string of the molecule is CCCC[N+]1(C)CC=CC1c1ccc(C#N)cc1. The summed E-state index contributed by atoms with van der Waals surface area (Å²) in [5.41, 5.74) is 2.06. The van der Waals surface area contributed by atoms with Crippen molar-refractivity contribution in [1.82, 2.24) is 0 Å². The molecule has 0 saturated heterocycles. The van der Waals surface area contributed by atoms with Gasteiger partial charge in [0, 0.05) is 5.56 Å². The van der Waals surface area contributed by atoms with Gasteiger partial charge in [0.2, 0.25) is 0 Å². The third kappa shape index (κ3) is 2.47. The Hall–Kier alpha value is -1.59. The van der Waals surface area contributed by atoms with Gasteiger partial charge < -0.3 is 4.48 Å². The number of unbranched alkanes of at least 4 members (excludes halogenated alkanes) is 1. The van der Waals surface area contributed by atoms with Crippen LogP contribution in [0.15, 0.2) is 36.4 Å². The Morgan fingerprint density at radius 1 is 1.33 bits per heavy atom. The van der Waals surface area contributed by atoms with Gasteiger partial charge in [-0.3, -0.25) is 0 Å². The molecule has 2 nitrogen and oxygen atoms in total. The fourth-order valence-electron chi connectivity index (χ4n) is 2.73. The van der Waals surface area contributed by atoms with Crippen LogP contribution in [-0.2, 0) is 0 Å². The minimum absolute atomic E-state index is 0.448. The van der Waals surface area contributed by atoms with Crippen LogP contribution in [0.1, 0.15) is 36.9 Å². The second kappa shape index (κ2) is 5.37. The van der Waals surface area contributed by atoms with Crippen molar-refractivity contribution in [2.24, 2.45) is 0 Å². The molecule has 2 rings (SSSR count). The van der Waals surface area contributed by atoms with Gasteiger partial charge in [0.15, 0.2) is 0 Å². The molecule has 0 radical (unpaired) electrons. The van der Waals surface area contributed by atoms with Gasteiger partial charge in [-0.25, -0.2) is 0 Å². The molecule has 1 aliphatic heterocycles. The molecule has 0 aliphatic carbocycles. The van der Waals surface area contributed by atoms with E-state index in [4.69, 9.17) is 5.26 Å². The summed E-state index contributed by atoms with van der Waals surface area (Å²) in [5, 5.41) is 8.84. The van der Waals surface area contributed by atoms with E-state index in [0.717, 1.165) is 16.6 Å². The van der Waals surface area contributed by atoms with E-state index in [-0.39, 0.29) is 0 Å². The van der Waals surface area contributed by atoms with Gasteiger partial charge in [0.25, 0.3) is 0 Å². The van der Waals surface area contributed by atoms with Crippen molar-refractivity contribution >= 4 is 0 Å². The number of hydrogen-bond donors (Lipinski definition) is 0. The molecule has 0 saturated carbocycles. The molecule has 1 heterocycles. The van der Waals surface area contributed by atoms with Crippen LogP contribution in [0.5, 0.6) is 0 Å². The maximum absolute atomic E-state index is 8.84. The monoisotopic (exact) mass is 241 g/mol. The predicted molar refractivity (Wildman–Crippen MR) is 73.9 cm³/mol. The van der Waals surface area contributed by atoms with Crippen LogP contribution >= 0.6 is 0 Å². The van der Waals surface area contributed by atoms with E-state index in [1.54, 1.807) is 0 Å². The maximum atomic E-state index is 8.84. The smallest absolute Gasteiger partial charge is 0.134 e. The summed E-state index contributed by atoms with van der Waals surface area (Å²) in [4.78, 5) is 0. The van der Waals surface area contributed by atoms with Crippen molar-refractivity contribution in [2.45, 2.75) is 25.8 Å². The molecule has 0 amide bonds. The fourth-order valence-corrected chi connectivity index (χ4v) is 2.73. The number of nitriles is 1. The van der Waals surface area contributed by atoms with Gasteiger partial charge in [-0.15, -0.1) is 0 Å². The van der Waals surface area contributed by atoms with Crippen molar-refractivity contribution in [2.75, 3.05) is 20.1 Å². The van der Waals surface area contributed by atoms with E-state index >= 15 is 0 Å². The van der Waals surface area contributed by atoms with E-state index in [9.17, 15) is 0 Å². The number of hydrogen-bond acceptors (Lipinski definition) is 1. The number of quaternary nitrogens is 1. The zero-order valence-corrected chi connectivity index (χ0v) is 11.3. The lowest BCUT2D eigenvalue weighted by Crippen LogP contribution is -2.44. The third-order valence-electron chi connectivity index (χ3n) is 3.92. The lowest BCUT2D eigenvalue weighted by molar-refractivity contribution is -0.922. The van der Waals surface area contributed by atoms with Gasteiger partial charge in [0.05, 0.1) is 31.8 Å². The van der Waals surface area contributed by atoms with Crippen LogP contribution < -0.4 is 0 Å². The lowest BCUT2D eigenvalue weighted by atomic mass is 10.0. The molecule has 2 heteroatoms. The molecule has 0 bridgehead atoms. The average molecular weight is 241 g/mol. The zero-order valence-electron chi connectivity index (χ0n) is 11.3. The van der Waals surface area contributed by atoms with Crippen molar-refractivity contribution in [1.29, 1.82) is 5.26 Å². The van der Waals surface area contributed by atoms with E-state index in [1.165, 1.54) is 24.9 Å². The normalized spacial score (nSPS) is 26.2. The summed E-state index contributed by atoms with van der Waals surface area (Å²) < 4.78 is 1.07. The summed E-state index contributed by atoms with van der Waals surface area (Å²) in [6.45, 7) is 4.57. The maximum Gasteiger partial charge on any atom is 0.134 e. The number of rotatable bonds is 4. The Labute approximate surface area is 110 Å². The molecule has 2 atom stereocenters. The Morgan fingerprint density at radius 2 is 2.06 bits per heavy atom. The van der Waals surface area contributed by atoms with E-state index in [1.807, 2.05) is 12.1 Å². The standard InChI is InChI=1S/C16H21N2/c1-3-4-11-18(2)12-5-6-16(18)15-9-7-14(13-17)8-10-15/h5-10,16H,3-4,11-12H2,1-2H3/q+1. The Balaban J connectivity index is 2.20. The minimum atomic E-state index is 0.448. The number of benzene rings is 1. The van der Waals surface area contributed by atoms with Crippen LogP contribution in [0.3, 0.4) is 0 Å². The minimum Gasteiger partial charge on any atom is -0.313 e. The first-order valence-corrected chi connectivity index (χ1v) is 6.70. The van der Waals surface area contributed by atoms with Crippen LogP contribution in [-0.4, -0.2) is 24.6 Å². The molecule has 18 heavy (non-hydrogen) atoms. The summed E-state index contributed by atoms with van der Waals surface area (Å²) in [6.07, 6.45) is 7.12. The van der Waals surface area contributed by atoms with Gasteiger partial charge in [-0.05, 0) is 30.7 Å². The van der Waals surface area contributed by atoms with Crippen molar-refractivity contribution in [3.8, 4) is 6.07 Å². The molecule has 1 aromatic carbocycles. The first-order chi connectivity index (χ1) is 8.69. The fraction of sp³-hybridized carbons (Fsp3) is 0.438. The summed E-state index contributed by atoms with van der Waals surface area (Å²) >= 11 is 0. The highest BCUT2D eigenvalue weighted by Gasteiger charge is 2.34. The highest BCUT2D eigenvalue weighted by atomic mass is 15.4. The van der Waals surface area contributed by atoms with Gasteiger partial charge in [-0.1, -0.05) is 25.5 Å². The molecule has 0 fully saturated rings. The molecule has 0 aromatic heterocycles. The Morgan fingerprint density at radius 3 is 2.67 bits per heavy atom. The molecular formula is C16H21N2+. The van der Waals surface area contributed by atoms with Crippen molar-refractivity contribution in [3.63, 3.8) is 0 Å². The molecule has 0 spiro atoms. The van der Waals surface area contributed by atoms with Crippen LogP contribution in [0.2, 0.25) is 0 Å². The number of likely N-dealkylation sites (N-methyl/N-ethyl adjacent to an activating group) is 1. The van der Waals surface area contributed by atoms with E-state index < -0.39 is 0 Å². The predicted octanol–water partition coefficient (Wildman–Crippen LogP) is 3.42. The Kier molecular flexibility index (Phi) is 3.84. The number of nitrogens with zero attached hydrogens (tertiary/aromatic N) is 2. The van der Waals surface area contributed by atoms with Crippen LogP contribution in [0, 0.1) is 11.3 Å². The zero-order chi connectivity index (χ0) is 13.0.